The summed E-state index contributed by atoms with van der Waals surface area (Å²) in [5.74, 6) is 0.798. The minimum Gasteiger partial charge on any atom is -0.355 e. The fraction of sp³-hybridized carbons (Fsp3) is 0.412. The summed E-state index contributed by atoms with van der Waals surface area (Å²) < 4.78 is 33.2. The molecule has 0 aliphatic carbocycles. The second kappa shape index (κ2) is 9.76. The van der Waals surface area contributed by atoms with E-state index in [1.54, 1.807) is 6.20 Å². The Morgan fingerprint density at radius 2 is 1.83 bits per heavy atom. The van der Waals surface area contributed by atoms with Crippen molar-refractivity contribution in [2.45, 2.75) is 37.0 Å². The van der Waals surface area contributed by atoms with Crippen LogP contribution >= 0.6 is 11.5 Å². The van der Waals surface area contributed by atoms with Crippen molar-refractivity contribution in [3.8, 4) is 0 Å². The average molecular weight is 439 g/mol. The van der Waals surface area contributed by atoms with Crippen LogP contribution in [0.3, 0.4) is 0 Å². The molecule has 10 nitrogen and oxygen atoms in total. The van der Waals surface area contributed by atoms with Crippen molar-refractivity contribution in [3.05, 3.63) is 46.8 Å². The number of imidazole rings is 1. The Morgan fingerprint density at radius 3 is 2.62 bits per heavy atom. The van der Waals surface area contributed by atoms with Crippen LogP contribution in [0.25, 0.3) is 4.96 Å². The van der Waals surface area contributed by atoms with E-state index in [9.17, 15) is 18.5 Å². The number of nitrogens with zero attached hydrogens (tertiary/aromatic N) is 4. The van der Waals surface area contributed by atoms with Gasteiger partial charge in [0.15, 0.2) is 4.90 Å². The van der Waals surface area contributed by atoms with Crippen molar-refractivity contribution in [3.63, 3.8) is 0 Å². The predicted molar refractivity (Wildman–Crippen MR) is 111 cm³/mol. The summed E-state index contributed by atoms with van der Waals surface area (Å²) in [6.07, 6.45) is 8.13. The van der Waals surface area contributed by atoms with Crippen LogP contribution in [0.5, 0.6) is 0 Å². The van der Waals surface area contributed by atoms with E-state index in [0.717, 1.165) is 43.1 Å². The highest BCUT2D eigenvalue weighted by Crippen LogP contribution is 2.22. The Morgan fingerprint density at radius 1 is 1.10 bits per heavy atom. The molecule has 0 amide bonds. The molecule has 0 unspecified atom stereocenters. The quantitative estimate of drug-likeness (QED) is 0.252. The number of rotatable bonds is 12. The van der Waals surface area contributed by atoms with Gasteiger partial charge in [0.2, 0.25) is 20.9 Å². The van der Waals surface area contributed by atoms with Crippen LogP contribution in [0.1, 0.15) is 32.1 Å². The van der Waals surface area contributed by atoms with Crippen molar-refractivity contribution in [1.82, 2.24) is 18.5 Å². The van der Waals surface area contributed by atoms with Crippen LogP contribution in [0.4, 0.5) is 11.6 Å². The molecule has 156 valence electrons. The SMILES string of the molecule is O=[N+]([O-])c1ccccc1S(=O)(=O)NCCCCCCCNc1nsc2nccn12. The van der Waals surface area contributed by atoms with Gasteiger partial charge in [0, 0.05) is 43.1 Å². The van der Waals surface area contributed by atoms with Gasteiger partial charge in [-0.25, -0.2) is 18.1 Å². The van der Waals surface area contributed by atoms with Crippen LogP contribution in [0.15, 0.2) is 41.6 Å². The zero-order chi connectivity index (χ0) is 20.7. The number of anilines is 1. The van der Waals surface area contributed by atoms with Crippen LogP contribution < -0.4 is 10.0 Å². The molecular formula is C17H22N6O4S2. The molecule has 0 fully saturated rings. The molecule has 0 spiro atoms. The van der Waals surface area contributed by atoms with Gasteiger partial charge < -0.3 is 5.32 Å². The number of fused-ring (bicyclic) bond motifs is 1. The van der Waals surface area contributed by atoms with Crippen molar-refractivity contribution in [2.75, 3.05) is 18.4 Å². The first-order valence-corrected chi connectivity index (χ1v) is 11.5. The van der Waals surface area contributed by atoms with Crippen LogP contribution in [-0.4, -0.2) is 40.2 Å². The molecule has 1 aromatic carbocycles. The lowest BCUT2D eigenvalue weighted by atomic mass is 10.1. The smallest absolute Gasteiger partial charge is 0.289 e. The van der Waals surface area contributed by atoms with E-state index in [4.69, 9.17) is 0 Å². The number of hydrogen-bond acceptors (Lipinski definition) is 8. The number of sulfonamides is 1. The van der Waals surface area contributed by atoms with E-state index in [-0.39, 0.29) is 11.4 Å². The normalized spacial score (nSPS) is 11.7. The summed E-state index contributed by atoms with van der Waals surface area (Å²) in [5, 5.41) is 14.3. The zero-order valence-electron chi connectivity index (χ0n) is 15.7. The molecule has 3 aromatic rings. The average Bonchev–Trinajstić information content (AvgIpc) is 3.31. The van der Waals surface area contributed by atoms with Crippen molar-refractivity contribution in [1.29, 1.82) is 0 Å². The Bertz CT molecular complexity index is 1060. The fourth-order valence-electron chi connectivity index (χ4n) is 2.86. The molecule has 0 aliphatic heterocycles. The van der Waals surface area contributed by atoms with E-state index < -0.39 is 20.6 Å². The molecule has 0 radical (unpaired) electrons. The molecule has 0 saturated carbocycles. The molecule has 2 heterocycles. The molecular weight excluding hydrogens is 416 g/mol. The number of unbranched alkanes of at least 4 members (excludes halogenated alkanes) is 4. The monoisotopic (exact) mass is 438 g/mol. The molecule has 0 saturated heterocycles. The summed E-state index contributed by atoms with van der Waals surface area (Å²) in [7, 11) is -3.89. The molecule has 0 aliphatic rings. The number of para-hydroxylation sites is 1. The van der Waals surface area contributed by atoms with E-state index in [1.807, 2.05) is 10.6 Å². The highest BCUT2D eigenvalue weighted by Gasteiger charge is 2.24. The maximum absolute atomic E-state index is 12.3. The van der Waals surface area contributed by atoms with Crippen LogP contribution in [-0.2, 0) is 10.0 Å². The van der Waals surface area contributed by atoms with Crippen molar-refractivity contribution in [2.24, 2.45) is 0 Å². The summed E-state index contributed by atoms with van der Waals surface area (Å²) >= 11 is 1.35. The highest BCUT2D eigenvalue weighted by atomic mass is 32.2. The third-order valence-corrected chi connectivity index (χ3v) is 6.57. The number of benzene rings is 1. The van der Waals surface area contributed by atoms with Gasteiger partial charge in [-0.05, 0) is 18.9 Å². The molecule has 0 atom stereocenters. The highest BCUT2D eigenvalue weighted by molar-refractivity contribution is 7.89. The summed E-state index contributed by atoms with van der Waals surface area (Å²) in [4.78, 5) is 15.0. The van der Waals surface area contributed by atoms with Gasteiger partial charge in [-0.1, -0.05) is 31.4 Å². The summed E-state index contributed by atoms with van der Waals surface area (Å²) in [6, 6.07) is 5.34. The third kappa shape index (κ3) is 5.49. The second-order valence-corrected chi connectivity index (χ2v) is 8.87. The maximum Gasteiger partial charge on any atom is 0.289 e. The van der Waals surface area contributed by atoms with Crippen LogP contribution in [0, 0.1) is 10.1 Å². The Labute approximate surface area is 172 Å². The van der Waals surface area contributed by atoms with Gasteiger partial charge in [0.25, 0.3) is 5.69 Å². The first-order valence-electron chi connectivity index (χ1n) is 9.25. The molecule has 2 aromatic heterocycles. The van der Waals surface area contributed by atoms with Crippen molar-refractivity contribution >= 4 is 38.2 Å². The summed E-state index contributed by atoms with van der Waals surface area (Å²) in [6.45, 7) is 1.06. The van der Waals surface area contributed by atoms with E-state index in [1.165, 1.54) is 35.8 Å². The number of nitro benzene ring substituents is 1. The molecule has 3 rings (SSSR count). The minimum absolute atomic E-state index is 0.254. The van der Waals surface area contributed by atoms with Gasteiger partial charge in [-0.3, -0.25) is 14.5 Å². The lowest BCUT2D eigenvalue weighted by Gasteiger charge is -2.07. The lowest BCUT2D eigenvalue weighted by Crippen LogP contribution is -2.25. The van der Waals surface area contributed by atoms with Gasteiger partial charge in [-0.15, -0.1) is 0 Å². The number of aromatic nitrogens is 3. The number of nitro groups is 1. The van der Waals surface area contributed by atoms with Gasteiger partial charge in [-0.2, -0.15) is 4.37 Å². The Balaban J connectivity index is 1.31. The first kappa shape index (κ1) is 21.1. The lowest BCUT2D eigenvalue weighted by molar-refractivity contribution is -0.387. The van der Waals surface area contributed by atoms with E-state index >= 15 is 0 Å². The molecule has 2 N–H and O–H groups in total. The molecule has 12 heteroatoms. The van der Waals surface area contributed by atoms with Gasteiger partial charge in [0.1, 0.15) is 0 Å². The fourth-order valence-corrected chi connectivity index (χ4v) is 4.77. The Hall–Kier alpha value is -2.57. The second-order valence-electron chi connectivity index (χ2n) is 6.40. The topological polar surface area (TPSA) is 132 Å². The van der Waals surface area contributed by atoms with E-state index in [0.29, 0.717) is 6.42 Å². The first-order chi connectivity index (χ1) is 14.0. The van der Waals surface area contributed by atoms with Gasteiger partial charge >= 0.3 is 0 Å². The minimum atomic E-state index is -3.89. The third-order valence-electron chi connectivity index (χ3n) is 4.33. The largest absolute Gasteiger partial charge is 0.355 e. The summed E-state index contributed by atoms with van der Waals surface area (Å²) in [5.41, 5.74) is -0.416. The Kier molecular flexibility index (Phi) is 7.12. The van der Waals surface area contributed by atoms with E-state index in [2.05, 4.69) is 19.4 Å². The zero-order valence-corrected chi connectivity index (χ0v) is 17.3. The van der Waals surface area contributed by atoms with Crippen LogP contribution in [0.2, 0.25) is 0 Å². The maximum atomic E-state index is 12.3. The number of nitrogens with one attached hydrogen (secondary N) is 2. The number of hydrogen-bond donors (Lipinski definition) is 2. The molecule has 29 heavy (non-hydrogen) atoms. The predicted octanol–water partition coefficient (Wildman–Crippen LogP) is 3.04. The molecule has 0 bridgehead atoms. The standard InChI is InChI=1S/C17H22N6O4S2/c24-23(25)14-8-4-5-9-15(14)29(26,27)20-11-7-3-1-2-6-10-18-16-21-28-17-19-12-13-22(16)17/h4-5,8-9,12-13,20H,1-3,6-7,10-11H2,(H,18,21). The van der Waals surface area contributed by atoms with Gasteiger partial charge in [0.05, 0.1) is 4.92 Å². The van der Waals surface area contributed by atoms with Crippen molar-refractivity contribution < 1.29 is 13.3 Å².